The molecule has 62 heavy (non-hydrogen) atoms. The molecule has 0 bridgehead atoms. The molecular formula is C56H93N3O3. The zero-order chi connectivity index (χ0) is 46.1. The fourth-order valence-electron chi connectivity index (χ4n) is 6.97. The lowest BCUT2D eigenvalue weighted by Crippen LogP contribution is -2.30. The van der Waals surface area contributed by atoms with E-state index in [0.29, 0.717) is 19.1 Å². The molecule has 1 amide bonds. The van der Waals surface area contributed by atoms with Crippen molar-refractivity contribution in [2.45, 2.75) is 184 Å². The zero-order valence-electron chi connectivity index (χ0n) is 41.4. The third-order valence-corrected chi connectivity index (χ3v) is 10.1. The van der Waals surface area contributed by atoms with Crippen molar-refractivity contribution in [2.75, 3.05) is 36.1 Å². The number of allylic oxidation sites excluding steroid dienone is 8. The number of anilines is 4. The van der Waals surface area contributed by atoms with Crippen molar-refractivity contribution in [3.05, 3.63) is 109 Å². The van der Waals surface area contributed by atoms with E-state index >= 15 is 0 Å². The monoisotopic (exact) mass is 856 g/mol. The highest BCUT2D eigenvalue weighted by Gasteiger charge is 2.27. The number of aliphatic hydroxyl groups excluding tert-OH is 1. The molecule has 1 aliphatic heterocycles. The number of carbonyl (C=O) groups excluding carboxylic acids is 1. The molecule has 0 spiro atoms. The minimum atomic E-state index is -0.366. The molecule has 0 radical (unpaired) electrons. The van der Waals surface area contributed by atoms with E-state index in [1.54, 1.807) is 0 Å². The van der Waals surface area contributed by atoms with E-state index in [-0.39, 0.29) is 6.09 Å². The summed E-state index contributed by atoms with van der Waals surface area (Å²) in [6, 6.07) is 18.0. The number of rotatable bonds is 28. The lowest BCUT2D eigenvalue weighted by molar-refractivity contribution is 0.147. The maximum Gasteiger partial charge on any atom is 0.411 e. The van der Waals surface area contributed by atoms with Crippen molar-refractivity contribution in [3.63, 3.8) is 0 Å². The van der Waals surface area contributed by atoms with Gasteiger partial charge in [0.1, 0.15) is 0 Å². The summed E-state index contributed by atoms with van der Waals surface area (Å²) in [6.45, 7) is 25.0. The van der Waals surface area contributed by atoms with Crippen LogP contribution in [0.15, 0.2) is 109 Å². The number of hydrogen-bond donors (Lipinski definition) is 2. The van der Waals surface area contributed by atoms with Gasteiger partial charge in [0, 0.05) is 25.4 Å². The Hall–Kier alpha value is -4.03. The number of nitrogens with zero attached hydrogens (tertiary/aromatic N) is 2. The van der Waals surface area contributed by atoms with Crippen LogP contribution in [0.3, 0.4) is 0 Å². The number of benzene rings is 2. The summed E-state index contributed by atoms with van der Waals surface area (Å²) in [5.41, 5.74) is 7.24. The number of carbonyl (C=O) groups is 1. The highest BCUT2D eigenvalue weighted by atomic mass is 16.5. The highest BCUT2D eigenvalue weighted by molar-refractivity contribution is 5.93. The molecule has 3 rings (SSSR count). The first-order valence-electron chi connectivity index (χ1n) is 24.8. The minimum Gasteiger partial charge on any atom is -0.449 e. The summed E-state index contributed by atoms with van der Waals surface area (Å²) in [4.78, 5) is 17.2. The molecule has 0 saturated carbocycles. The Morgan fingerprint density at radius 3 is 1.40 bits per heavy atom. The van der Waals surface area contributed by atoms with Crippen LogP contribution >= 0.6 is 0 Å². The van der Waals surface area contributed by atoms with Gasteiger partial charge in [0.25, 0.3) is 0 Å². The maximum atomic E-state index is 12.0. The van der Waals surface area contributed by atoms with E-state index < -0.39 is 0 Å². The van der Waals surface area contributed by atoms with Crippen molar-refractivity contribution in [1.82, 2.24) is 5.32 Å². The van der Waals surface area contributed by atoms with Gasteiger partial charge in [0.15, 0.2) is 0 Å². The maximum absolute atomic E-state index is 12.0. The SMILES string of the molecule is C/C=C(\C=C/C(C)C)NC(=O)OCCCCCCCCCCCN1c2ccccc2N(CCCCCCCCCCCO)c2ccccc21.C=C(C)/C=C\C=C/C.CC.CCC. The van der Waals surface area contributed by atoms with Crippen LogP contribution in [0.2, 0.25) is 0 Å². The van der Waals surface area contributed by atoms with Crippen LogP contribution in [0, 0.1) is 5.92 Å². The molecule has 2 aromatic rings. The largest absolute Gasteiger partial charge is 0.449 e. The molecule has 1 heterocycles. The number of para-hydroxylation sites is 4. The highest BCUT2D eigenvalue weighted by Crippen LogP contribution is 2.47. The Morgan fingerprint density at radius 1 is 0.661 bits per heavy atom. The predicted molar refractivity (Wildman–Crippen MR) is 275 cm³/mol. The molecule has 0 saturated heterocycles. The summed E-state index contributed by atoms with van der Waals surface area (Å²) >= 11 is 0. The standard InChI is InChI=1S/C43H67N3O3.C8H12.C3H8.C2H6/c1-4-38(32-31-37(2)3)44-43(48)49-36-26-18-14-10-6-8-12-16-24-34-46-41-29-21-19-27-39(41)45(40-28-20-22-30-42(40)46)33-23-15-11-7-5-9-13-17-25-35-47;1-4-5-6-7-8(2)3;1-3-2;1-2/h4,19-22,27-32,37,47H,5-18,23-26,33-36H2,1-3H3,(H,44,48);4-7H,2H2,1,3H3;3H2,1-2H3;1-2H3/b32-31-,38-4+;5-4-,7-6-;;. The molecule has 6 heteroatoms. The minimum absolute atomic E-state index is 0.334. The number of fused-ring (bicyclic) bond motifs is 2. The number of amides is 1. The van der Waals surface area contributed by atoms with E-state index in [4.69, 9.17) is 9.84 Å². The van der Waals surface area contributed by atoms with E-state index in [2.05, 4.69) is 104 Å². The average Bonchev–Trinajstić information content (AvgIpc) is 3.27. The fourth-order valence-corrected chi connectivity index (χ4v) is 6.97. The van der Waals surface area contributed by atoms with Crippen molar-refractivity contribution in [3.8, 4) is 0 Å². The Balaban J connectivity index is 0.00000250. The summed E-state index contributed by atoms with van der Waals surface area (Å²) in [6.07, 6.45) is 36.6. The molecule has 1 aliphatic rings. The van der Waals surface area contributed by atoms with Crippen molar-refractivity contribution in [1.29, 1.82) is 0 Å². The summed E-state index contributed by atoms with van der Waals surface area (Å²) in [7, 11) is 0. The second kappa shape index (κ2) is 41.0. The molecule has 6 nitrogen and oxygen atoms in total. The molecule has 2 aromatic carbocycles. The number of alkyl carbamates (subject to hydrolysis) is 1. The van der Waals surface area contributed by atoms with Gasteiger partial charge in [0.05, 0.1) is 29.4 Å². The molecule has 0 fully saturated rings. The van der Waals surface area contributed by atoms with Crippen molar-refractivity contribution in [2.24, 2.45) is 5.92 Å². The first-order valence-corrected chi connectivity index (χ1v) is 24.8. The Morgan fingerprint density at radius 2 is 1.05 bits per heavy atom. The van der Waals surface area contributed by atoms with Crippen LogP contribution in [-0.2, 0) is 4.74 Å². The van der Waals surface area contributed by atoms with Gasteiger partial charge in [-0.2, -0.15) is 0 Å². The van der Waals surface area contributed by atoms with Gasteiger partial charge in [-0.05, 0) is 82.7 Å². The van der Waals surface area contributed by atoms with Crippen LogP contribution in [-0.4, -0.2) is 37.5 Å². The quantitative estimate of drug-likeness (QED) is 0.0659. The van der Waals surface area contributed by atoms with Gasteiger partial charge in [-0.1, -0.05) is 211 Å². The second-order valence-corrected chi connectivity index (χ2v) is 16.4. The third kappa shape index (κ3) is 28.5. The van der Waals surface area contributed by atoms with Crippen LogP contribution in [0.5, 0.6) is 0 Å². The molecule has 0 unspecified atom stereocenters. The van der Waals surface area contributed by atoms with E-state index in [1.807, 2.05) is 71.1 Å². The van der Waals surface area contributed by atoms with Crippen LogP contribution in [0.4, 0.5) is 27.5 Å². The lowest BCUT2D eigenvalue weighted by atomic mass is 10.0. The average molecular weight is 856 g/mol. The van der Waals surface area contributed by atoms with Crippen molar-refractivity contribution < 1.29 is 14.6 Å². The Bertz CT molecular complexity index is 1460. The third-order valence-electron chi connectivity index (χ3n) is 10.1. The predicted octanol–water partition coefficient (Wildman–Crippen LogP) is 17.3. The Kier molecular flexibility index (Phi) is 38.3. The lowest BCUT2D eigenvalue weighted by Gasteiger charge is -2.40. The topological polar surface area (TPSA) is 65.0 Å². The summed E-state index contributed by atoms with van der Waals surface area (Å²) in [5.74, 6) is 0.440. The van der Waals surface area contributed by atoms with Gasteiger partial charge < -0.3 is 19.6 Å². The second-order valence-electron chi connectivity index (χ2n) is 16.4. The first-order chi connectivity index (χ1) is 30.2. The van der Waals surface area contributed by atoms with E-state index in [1.165, 1.54) is 125 Å². The van der Waals surface area contributed by atoms with Gasteiger partial charge in [-0.25, -0.2) is 4.79 Å². The number of nitrogens with one attached hydrogen (secondary N) is 1. The van der Waals surface area contributed by atoms with Gasteiger partial charge >= 0.3 is 6.09 Å². The number of hydrogen-bond acceptors (Lipinski definition) is 5. The normalized spacial score (nSPS) is 12.0. The molecule has 0 aliphatic carbocycles. The first kappa shape index (κ1) is 58.0. The van der Waals surface area contributed by atoms with Gasteiger partial charge in [0.2, 0.25) is 0 Å². The van der Waals surface area contributed by atoms with Crippen molar-refractivity contribution >= 4 is 28.8 Å². The van der Waals surface area contributed by atoms with Gasteiger partial charge in [-0.3, -0.25) is 5.32 Å². The fraction of sp³-hybridized carbons (Fsp3) is 0.589. The number of ether oxygens (including phenoxy) is 1. The van der Waals surface area contributed by atoms with Crippen LogP contribution < -0.4 is 15.1 Å². The molecule has 0 atom stereocenters. The smallest absolute Gasteiger partial charge is 0.411 e. The van der Waals surface area contributed by atoms with E-state index in [0.717, 1.165) is 43.6 Å². The van der Waals surface area contributed by atoms with E-state index in [9.17, 15) is 4.79 Å². The Labute approximate surface area is 382 Å². The molecule has 2 N–H and O–H groups in total. The number of unbranched alkanes of at least 4 members (excludes halogenated alkanes) is 16. The van der Waals surface area contributed by atoms with Crippen LogP contribution in [0.1, 0.15) is 184 Å². The molecule has 0 aromatic heterocycles. The van der Waals surface area contributed by atoms with Crippen LogP contribution in [0.25, 0.3) is 0 Å². The molecular weight excluding hydrogens is 763 g/mol. The van der Waals surface area contributed by atoms with Gasteiger partial charge in [-0.15, -0.1) is 0 Å². The molecule has 350 valence electrons. The summed E-state index contributed by atoms with van der Waals surface area (Å²) in [5, 5.41) is 11.8. The zero-order valence-corrected chi connectivity index (χ0v) is 41.4. The summed E-state index contributed by atoms with van der Waals surface area (Å²) < 4.78 is 5.36. The number of aliphatic hydroxyl groups is 1.